The first-order valence-electron chi connectivity index (χ1n) is 35.2. The van der Waals surface area contributed by atoms with Crippen molar-refractivity contribution in [3.8, 4) is 0 Å². The molecule has 2 saturated carbocycles. The first-order chi connectivity index (χ1) is 50.4. The molecule has 1 saturated heterocycles. The van der Waals surface area contributed by atoms with Crippen LogP contribution in [0.3, 0.4) is 0 Å². The molecule has 4 aliphatic rings. The lowest BCUT2D eigenvalue weighted by Crippen LogP contribution is -2.81. The Kier molecular flexibility index (Phi) is 27.1. The van der Waals surface area contributed by atoms with Gasteiger partial charge in [0.1, 0.15) is 54.7 Å². The van der Waals surface area contributed by atoms with Crippen molar-refractivity contribution in [3.05, 3.63) is 149 Å². The summed E-state index contributed by atoms with van der Waals surface area (Å²) >= 11 is 0. The molecule has 107 heavy (non-hydrogen) atoms. The van der Waals surface area contributed by atoms with Crippen LogP contribution in [0.5, 0.6) is 0 Å². The van der Waals surface area contributed by atoms with Crippen LogP contribution >= 0.6 is 0 Å². The van der Waals surface area contributed by atoms with E-state index in [4.69, 9.17) is 49.1 Å². The summed E-state index contributed by atoms with van der Waals surface area (Å²) in [4.78, 5) is 168. The SMILES string of the molecule is CC(=O)OC1=C2C(C)[C@@H](OC(=O)[C@H](O)[C@@H](NC(=O)c3ccccc3)c3ccccc3)C[C@@](O)([C@@H](OC(=O)c3ccccc3)C3[C@](C)(C1=O)[C@@H](OC(=O)OCc1ccc(NC(=O)[C@@H](CC(C)C)NC(=O)[C@@H](CC(N)=O)NC(=O)[C@@H](C)NC(=O)[C@@H](C)NC[C@@H](O)CCC(O)O)cc1)C[C@H]1OC[C@@]31OC(C)=O)C2(C)C. The molecule has 3 fully saturated rings. The molecule has 0 aromatic heterocycles. The summed E-state index contributed by atoms with van der Waals surface area (Å²) < 4.78 is 43.1. The van der Waals surface area contributed by atoms with Crippen LogP contribution in [0.1, 0.15) is 146 Å². The number of nitrogens with two attached hydrogens (primary N) is 1. The van der Waals surface area contributed by atoms with Crippen LogP contribution in [0.4, 0.5) is 10.5 Å². The molecule has 4 aromatic carbocycles. The second kappa shape index (κ2) is 35.1. The average Bonchev–Trinajstić information content (AvgIpc) is 0.667. The fourth-order valence-electron chi connectivity index (χ4n) is 14.5. The molecular weight excluding hydrogens is 1390 g/mol. The molecule has 578 valence electrons. The third-order valence-electron chi connectivity index (χ3n) is 20.2. The van der Waals surface area contributed by atoms with Crippen molar-refractivity contribution in [2.45, 2.75) is 199 Å². The monoisotopic (exact) mass is 1490 g/mol. The van der Waals surface area contributed by atoms with Crippen molar-refractivity contribution in [2.75, 3.05) is 18.5 Å². The van der Waals surface area contributed by atoms with Crippen molar-refractivity contribution in [1.82, 2.24) is 26.6 Å². The maximum absolute atomic E-state index is 16.5. The lowest BCUT2D eigenvalue weighted by molar-refractivity contribution is -0.345. The number of ketones is 1. The Bertz CT molecular complexity index is 3950. The lowest BCUT2D eigenvalue weighted by Gasteiger charge is -2.67. The highest BCUT2D eigenvalue weighted by atomic mass is 16.7. The van der Waals surface area contributed by atoms with Gasteiger partial charge in [0.2, 0.25) is 35.3 Å². The van der Waals surface area contributed by atoms with Gasteiger partial charge in [-0.2, -0.15) is 0 Å². The number of anilines is 1. The number of hydrogen-bond acceptors (Lipinski definition) is 25. The molecule has 31 heteroatoms. The number of benzene rings is 4. The number of allylic oxidation sites excluding steroid dienone is 1. The zero-order valence-electron chi connectivity index (χ0n) is 61.1. The van der Waals surface area contributed by atoms with Gasteiger partial charge in [-0.3, -0.25) is 43.2 Å². The highest BCUT2D eigenvalue weighted by Gasteiger charge is 2.79. The second-order valence-electron chi connectivity index (χ2n) is 28.7. The van der Waals surface area contributed by atoms with Crippen LogP contribution in [0.15, 0.2) is 127 Å². The van der Waals surface area contributed by atoms with Crippen LogP contribution in [0, 0.1) is 28.6 Å². The first-order valence-corrected chi connectivity index (χ1v) is 35.2. The van der Waals surface area contributed by atoms with E-state index in [2.05, 4.69) is 31.9 Å². The van der Waals surface area contributed by atoms with E-state index in [1.807, 2.05) is 0 Å². The number of fused-ring (bicyclic) bond motifs is 5. The number of ether oxygens (including phenoxy) is 7. The summed E-state index contributed by atoms with van der Waals surface area (Å²) in [5.41, 5.74) is -2.62. The maximum Gasteiger partial charge on any atom is 0.508 e. The Hall–Kier alpha value is -10.0. The van der Waals surface area contributed by atoms with Gasteiger partial charge in [0.05, 0.1) is 48.1 Å². The summed E-state index contributed by atoms with van der Waals surface area (Å²) in [6.07, 6.45) is -14.7. The molecule has 3 aliphatic carbocycles. The van der Waals surface area contributed by atoms with Crippen LogP contribution in [-0.4, -0.2) is 188 Å². The number of rotatable bonds is 31. The van der Waals surface area contributed by atoms with Crippen LogP contribution in [0.25, 0.3) is 0 Å². The largest absolute Gasteiger partial charge is 0.508 e. The van der Waals surface area contributed by atoms with E-state index in [1.54, 1.807) is 80.6 Å². The van der Waals surface area contributed by atoms with Gasteiger partial charge in [0.15, 0.2) is 23.8 Å². The summed E-state index contributed by atoms with van der Waals surface area (Å²) in [7, 11) is 0. The minimum atomic E-state index is -2.61. The molecule has 2 bridgehead atoms. The molecule has 0 spiro atoms. The Morgan fingerprint density at radius 2 is 1.28 bits per heavy atom. The van der Waals surface area contributed by atoms with Gasteiger partial charge < -0.3 is 96.3 Å². The first kappa shape index (κ1) is 82.6. The van der Waals surface area contributed by atoms with E-state index in [0.29, 0.717) is 11.1 Å². The van der Waals surface area contributed by atoms with Crippen LogP contribution < -0.4 is 37.6 Å². The Labute approximate surface area is 617 Å². The Balaban J connectivity index is 1.05. The van der Waals surface area contributed by atoms with Crippen LogP contribution in [0.2, 0.25) is 0 Å². The van der Waals surface area contributed by atoms with E-state index in [-0.39, 0.29) is 54.1 Å². The number of primary amides is 1. The van der Waals surface area contributed by atoms with Crippen molar-refractivity contribution < 1.29 is 116 Å². The van der Waals surface area contributed by atoms with E-state index in [1.165, 1.54) is 90.1 Å². The number of carbonyl (C=O) groups excluding carboxylic acids is 12. The number of esters is 4. The number of aliphatic hydroxyl groups is 5. The zero-order chi connectivity index (χ0) is 78.6. The number of Topliss-reactive ketones (excluding diaryl/α,β-unsaturated/α-hetero) is 1. The topological polar surface area (TPSA) is 469 Å². The molecule has 13 N–H and O–H groups in total. The molecule has 1 aliphatic heterocycles. The van der Waals surface area contributed by atoms with Crippen molar-refractivity contribution >= 4 is 76.9 Å². The third-order valence-corrected chi connectivity index (χ3v) is 20.2. The van der Waals surface area contributed by atoms with E-state index >= 15 is 4.79 Å². The normalized spacial score (nSPS) is 24.7. The molecular formula is C76H95N7O24. The van der Waals surface area contributed by atoms with E-state index in [9.17, 15) is 68.1 Å². The van der Waals surface area contributed by atoms with E-state index < -0.39 is 216 Å². The quantitative estimate of drug-likeness (QED) is 0.0196. The fraction of sp³-hybridized carbons (Fsp3) is 0.500. The smallest absolute Gasteiger partial charge is 0.460 e. The summed E-state index contributed by atoms with van der Waals surface area (Å²) in [6.45, 7) is 13.1. The number of aliphatic hydroxyl groups excluding tert-OH is 3. The highest BCUT2D eigenvalue weighted by molar-refractivity contribution is 6.03. The summed E-state index contributed by atoms with van der Waals surface area (Å²) in [6, 6.07) is 22.9. The maximum atomic E-state index is 16.5. The second-order valence-corrected chi connectivity index (χ2v) is 28.7. The Morgan fingerprint density at radius 1 is 0.682 bits per heavy atom. The highest BCUT2D eigenvalue weighted by Crippen LogP contribution is 2.65. The predicted octanol–water partition coefficient (Wildman–Crippen LogP) is 3.07. The molecule has 4 aromatic rings. The van der Waals surface area contributed by atoms with Crippen molar-refractivity contribution in [1.29, 1.82) is 0 Å². The number of hydrogen-bond donors (Lipinski definition) is 12. The fourth-order valence-corrected chi connectivity index (χ4v) is 14.5. The van der Waals surface area contributed by atoms with Gasteiger partial charge in [-0.05, 0) is 92.6 Å². The molecule has 8 rings (SSSR count). The van der Waals surface area contributed by atoms with Gasteiger partial charge in [-0.15, -0.1) is 0 Å². The molecule has 31 nitrogen and oxygen atoms in total. The van der Waals surface area contributed by atoms with E-state index in [0.717, 1.165) is 13.8 Å². The molecule has 16 atom stereocenters. The standard InChI is InChI=1S/C76H95N7O24/c1-39(2)32-51(82-69(96)52(33-56(77)87)81-66(93)42(5)79-65(92)41(4)78-36-50(86)30-31-57(88)89)68(95)80-49-28-26-45(27-29-49)37-101-72(99)105-54-34-55-75(38-102-55,107-44(7)85)62-64(106-70(97)48-24-18-13-19-25-48)76(100)35-53(40(3)58(73(76,8)9)61(103-43(6)84)63(91)74(54,62)10)104-71(98)60(90)59(46-20-14-11-15-21-46)83-67(94)47-22-16-12-17-23-47/h11-29,39-42,50-55,57,59-60,62,64,78,86,88-90,100H,30-38H2,1-10H3,(H2,77,87)(H,79,92)(H,80,95)(H,81,93)(H,82,96)(H,83,94)/t40?,41-,42-,50+,51-,52-,53+,54+,55-,59+,60-,62?,64+,74-,75+,76-/m1/s1. The molecule has 6 amide bonds. The van der Waals surface area contributed by atoms with Crippen LogP contribution in [-0.2, 0) is 82.9 Å². The molecule has 2 unspecified atom stereocenters. The summed E-state index contributed by atoms with van der Waals surface area (Å²) in [5.74, 6) is -14.3. The third kappa shape index (κ3) is 19.2. The van der Waals surface area contributed by atoms with Gasteiger partial charge in [-0.1, -0.05) is 113 Å². The van der Waals surface area contributed by atoms with Crippen molar-refractivity contribution in [3.63, 3.8) is 0 Å². The zero-order valence-corrected chi connectivity index (χ0v) is 61.1. The lowest BCUT2D eigenvalue weighted by atomic mass is 9.45. The molecule has 0 radical (unpaired) electrons. The molecule has 1 heterocycles. The number of nitrogens with one attached hydrogen (secondary N) is 6. The summed E-state index contributed by atoms with van der Waals surface area (Å²) in [5, 5.41) is 70.2. The van der Waals surface area contributed by atoms with Crippen molar-refractivity contribution in [2.24, 2.45) is 34.3 Å². The Morgan fingerprint density at radius 3 is 1.85 bits per heavy atom. The van der Waals surface area contributed by atoms with Gasteiger partial charge in [0.25, 0.3) is 5.91 Å². The minimum Gasteiger partial charge on any atom is -0.460 e. The van der Waals surface area contributed by atoms with Gasteiger partial charge >= 0.3 is 30.0 Å². The van der Waals surface area contributed by atoms with Gasteiger partial charge in [-0.25, -0.2) is 14.4 Å². The average molecular weight is 1490 g/mol. The number of carbonyl (C=O) groups is 12. The minimum absolute atomic E-state index is 0.0258. The number of amides is 6. The van der Waals surface area contributed by atoms with Gasteiger partial charge in [0, 0.05) is 62.2 Å². The predicted molar refractivity (Wildman–Crippen MR) is 377 cm³/mol.